The number of allylic oxidation sites excluding steroid dienone is 1. The molecule has 0 saturated heterocycles. The second-order valence-electron chi connectivity index (χ2n) is 3.62. The molecule has 0 spiro atoms. The lowest BCUT2D eigenvalue weighted by molar-refractivity contribution is 0.0944. The van der Waals surface area contributed by atoms with Gasteiger partial charge in [-0.3, -0.25) is 4.79 Å². The summed E-state index contributed by atoms with van der Waals surface area (Å²) in [7, 11) is 0. The van der Waals surface area contributed by atoms with Gasteiger partial charge in [-0.1, -0.05) is 6.07 Å². The lowest BCUT2D eigenvalue weighted by Crippen LogP contribution is -2.03. The Labute approximate surface area is 92.1 Å². The molecule has 3 rings (SSSR count). The van der Waals surface area contributed by atoms with Crippen LogP contribution >= 0.6 is 0 Å². The first-order chi connectivity index (χ1) is 7.86. The second kappa shape index (κ2) is 3.48. The average Bonchev–Trinajstić information content (AvgIpc) is 2.98. The number of rotatable bonds is 2. The van der Waals surface area contributed by atoms with Crippen molar-refractivity contribution in [2.45, 2.75) is 6.42 Å². The molecule has 0 aliphatic carbocycles. The van der Waals surface area contributed by atoms with Gasteiger partial charge in [0.15, 0.2) is 5.76 Å². The Balaban J connectivity index is 2.09. The van der Waals surface area contributed by atoms with Gasteiger partial charge >= 0.3 is 0 Å². The van der Waals surface area contributed by atoms with Crippen molar-refractivity contribution < 1.29 is 9.53 Å². The Hall–Kier alpha value is -2.10. The number of nitrogens with zero attached hydrogens (tertiary/aromatic N) is 2. The van der Waals surface area contributed by atoms with Crippen LogP contribution in [0.5, 0.6) is 0 Å². The monoisotopic (exact) mass is 214 g/mol. The predicted molar refractivity (Wildman–Crippen MR) is 58.2 cm³/mol. The average molecular weight is 214 g/mol. The van der Waals surface area contributed by atoms with Crippen LogP contribution in [0.3, 0.4) is 0 Å². The molecule has 0 amide bonds. The zero-order valence-electron chi connectivity index (χ0n) is 8.59. The topological polar surface area (TPSA) is 43.6 Å². The van der Waals surface area contributed by atoms with Crippen molar-refractivity contribution in [3.63, 3.8) is 0 Å². The van der Waals surface area contributed by atoms with Crippen LogP contribution in [-0.4, -0.2) is 22.0 Å². The SMILES string of the molecule is O=C(C1=CCCO1)c1cnn2ccccc12. The molecule has 2 aromatic rings. The molecule has 0 radical (unpaired) electrons. The van der Waals surface area contributed by atoms with Crippen molar-refractivity contribution in [1.29, 1.82) is 0 Å². The van der Waals surface area contributed by atoms with E-state index in [0.717, 1.165) is 11.9 Å². The maximum Gasteiger partial charge on any atom is 0.230 e. The third-order valence-corrected chi connectivity index (χ3v) is 2.60. The first-order valence-corrected chi connectivity index (χ1v) is 5.16. The molecule has 80 valence electrons. The van der Waals surface area contributed by atoms with Crippen LogP contribution in [0.1, 0.15) is 16.8 Å². The highest BCUT2D eigenvalue weighted by Crippen LogP contribution is 2.18. The van der Waals surface area contributed by atoms with Crippen LogP contribution in [0.4, 0.5) is 0 Å². The summed E-state index contributed by atoms with van der Waals surface area (Å²) in [5, 5.41) is 4.12. The van der Waals surface area contributed by atoms with Crippen molar-refractivity contribution in [3.8, 4) is 0 Å². The highest BCUT2D eigenvalue weighted by molar-refractivity contribution is 6.11. The number of aromatic nitrogens is 2. The molecule has 0 fully saturated rings. The molecule has 0 bridgehead atoms. The van der Waals surface area contributed by atoms with E-state index in [2.05, 4.69) is 5.10 Å². The molecule has 0 atom stereocenters. The van der Waals surface area contributed by atoms with Gasteiger partial charge in [0.25, 0.3) is 0 Å². The number of pyridine rings is 1. The molecular formula is C12H10N2O2. The van der Waals surface area contributed by atoms with E-state index in [9.17, 15) is 4.79 Å². The van der Waals surface area contributed by atoms with Crippen LogP contribution in [0.15, 0.2) is 42.4 Å². The van der Waals surface area contributed by atoms with Gasteiger partial charge in [-0.25, -0.2) is 4.52 Å². The van der Waals surface area contributed by atoms with Crippen LogP contribution in [0.25, 0.3) is 5.52 Å². The first-order valence-electron chi connectivity index (χ1n) is 5.16. The Kier molecular flexibility index (Phi) is 1.99. The minimum absolute atomic E-state index is 0.0845. The Morgan fingerprint density at radius 1 is 1.44 bits per heavy atom. The van der Waals surface area contributed by atoms with Crippen LogP contribution in [0.2, 0.25) is 0 Å². The number of ketones is 1. The van der Waals surface area contributed by atoms with E-state index in [1.54, 1.807) is 10.7 Å². The van der Waals surface area contributed by atoms with Gasteiger partial charge in [0.05, 0.1) is 23.9 Å². The smallest absolute Gasteiger partial charge is 0.230 e. The summed E-state index contributed by atoms with van der Waals surface area (Å²) in [6, 6.07) is 5.63. The van der Waals surface area contributed by atoms with Crippen molar-refractivity contribution in [2.24, 2.45) is 0 Å². The van der Waals surface area contributed by atoms with E-state index in [1.165, 1.54) is 0 Å². The molecule has 16 heavy (non-hydrogen) atoms. The fourth-order valence-electron chi connectivity index (χ4n) is 1.82. The third-order valence-electron chi connectivity index (χ3n) is 2.60. The fourth-order valence-corrected chi connectivity index (χ4v) is 1.82. The Morgan fingerprint density at radius 3 is 3.19 bits per heavy atom. The Bertz CT molecular complexity index is 583. The molecule has 0 aromatic carbocycles. The quantitative estimate of drug-likeness (QED) is 0.716. The summed E-state index contributed by atoms with van der Waals surface area (Å²) >= 11 is 0. The van der Waals surface area contributed by atoms with E-state index >= 15 is 0 Å². The second-order valence-corrected chi connectivity index (χ2v) is 3.62. The van der Waals surface area contributed by atoms with E-state index < -0.39 is 0 Å². The number of carbonyl (C=O) groups excluding carboxylic acids is 1. The predicted octanol–water partition coefficient (Wildman–Crippen LogP) is 1.82. The normalized spacial score (nSPS) is 14.9. The number of fused-ring (bicyclic) bond motifs is 1. The summed E-state index contributed by atoms with van der Waals surface area (Å²) in [6.07, 6.45) is 6.03. The molecule has 1 aliphatic rings. The maximum atomic E-state index is 12.1. The molecule has 1 aliphatic heterocycles. The third kappa shape index (κ3) is 1.31. The molecule has 3 heterocycles. The summed E-state index contributed by atoms with van der Waals surface area (Å²) in [4.78, 5) is 12.1. The van der Waals surface area contributed by atoms with Crippen molar-refractivity contribution >= 4 is 11.3 Å². The van der Waals surface area contributed by atoms with E-state index in [4.69, 9.17) is 4.74 Å². The van der Waals surface area contributed by atoms with Gasteiger partial charge in [0, 0.05) is 12.6 Å². The van der Waals surface area contributed by atoms with Crippen molar-refractivity contribution in [3.05, 3.63) is 48.0 Å². The summed E-state index contributed by atoms with van der Waals surface area (Å²) < 4.78 is 6.95. The molecular weight excluding hydrogens is 204 g/mol. The lowest BCUT2D eigenvalue weighted by atomic mass is 10.1. The molecule has 2 aromatic heterocycles. The van der Waals surface area contributed by atoms with Gasteiger partial charge in [0.2, 0.25) is 5.78 Å². The number of Topliss-reactive ketones (excluding diaryl/α,β-unsaturated/α-hetero) is 1. The summed E-state index contributed by atoms with van der Waals surface area (Å²) in [5.41, 5.74) is 1.40. The van der Waals surface area contributed by atoms with Crippen molar-refractivity contribution in [1.82, 2.24) is 9.61 Å². The van der Waals surface area contributed by atoms with E-state index in [1.807, 2.05) is 30.5 Å². The maximum absolute atomic E-state index is 12.1. The minimum Gasteiger partial charge on any atom is -0.489 e. The van der Waals surface area contributed by atoms with E-state index in [0.29, 0.717) is 17.9 Å². The van der Waals surface area contributed by atoms with Gasteiger partial charge < -0.3 is 4.74 Å². The number of carbonyl (C=O) groups is 1. The molecule has 4 heteroatoms. The van der Waals surface area contributed by atoms with Gasteiger partial charge in [-0.2, -0.15) is 5.10 Å². The molecule has 4 nitrogen and oxygen atoms in total. The van der Waals surface area contributed by atoms with Crippen molar-refractivity contribution in [2.75, 3.05) is 6.61 Å². The summed E-state index contributed by atoms with van der Waals surface area (Å²) in [6.45, 7) is 0.598. The Morgan fingerprint density at radius 2 is 2.38 bits per heavy atom. The lowest BCUT2D eigenvalue weighted by Gasteiger charge is -2.00. The molecule has 0 N–H and O–H groups in total. The van der Waals surface area contributed by atoms with E-state index in [-0.39, 0.29) is 5.78 Å². The summed E-state index contributed by atoms with van der Waals surface area (Å²) in [5.74, 6) is 0.359. The number of hydrogen-bond acceptors (Lipinski definition) is 3. The zero-order valence-corrected chi connectivity index (χ0v) is 8.59. The standard InChI is InChI=1S/C12H10N2O2/c15-12(11-5-3-7-16-11)9-8-13-14-6-2-1-4-10(9)14/h1-2,4-6,8H,3,7H2. The van der Waals surface area contributed by atoms with Gasteiger partial charge in [-0.05, 0) is 18.2 Å². The van der Waals surface area contributed by atoms with Crippen LogP contribution in [0, 0.1) is 0 Å². The minimum atomic E-state index is -0.0845. The van der Waals surface area contributed by atoms with Gasteiger partial charge in [0.1, 0.15) is 0 Å². The highest BCUT2D eigenvalue weighted by Gasteiger charge is 2.20. The van der Waals surface area contributed by atoms with Gasteiger partial charge in [-0.15, -0.1) is 0 Å². The number of ether oxygens (including phenoxy) is 1. The molecule has 0 unspecified atom stereocenters. The molecule has 0 saturated carbocycles. The number of hydrogen-bond donors (Lipinski definition) is 0. The van der Waals surface area contributed by atoms with Crippen LogP contribution in [-0.2, 0) is 4.74 Å². The fraction of sp³-hybridized carbons (Fsp3) is 0.167. The largest absolute Gasteiger partial charge is 0.489 e. The highest BCUT2D eigenvalue weighted by atomic mass is 16.5. The van der Waals surface area contributed by atoms with Crippen LogP contribution < -0.4 is 0 Å². The first kappa shape index (κ1) is 9.15. The zero-order chi connectivity index (χ0) is 11.0.